The number of aryl methyl sites for hydroxylation is 1. The molecule has 2 aromatic carbocycles. The predicted octanol–water partition coefficient (Wildman–Crippen LogP) is 5.78. The number of Topliss-reactive ketones (excluding diaryl/α,β-unsaturated/α-hetero) is 2. The third-order valence-corrected chi connectivity index (χ3v) is 7.40. The zero-order valence-electron chi connectivity index (χ0n) is 15.4. The van der Waals surface area contributed by atoms with Crippen molar-refractivity contribution in [2.24, 2.45) is 11.8 Å². The van der Waals surface area contributed by atoms with Gasteiger partial charge < -0.3 is 0 Å². The second kappa shape index (κ2) is 6.42. The Hall–Kier alpha value is -2.26. The molecule has 2 bridgehead atoms. The van der Waals surface area contributed by atoms with Crippen molar-refractivity contribution in [1.82, 2.24) is 0 Å². The fourth-order valence-corrected chi connectivity index (χ4v) is 5.94. The van der Waals surface area contributed by atoms with Crippen molar-refractivity contribution < 1.29 is 9.59 Å². The summed E-state index contributed by atoms with van der Waals surface area (Å²) in [6, 6.07) is 14.8. The van der Waals surface area contributed by atoms with E-state index in [0.717, 1.165) is 42.4 Å². The lowest BCUT2D eigenvalue weighted by Crippen LogP contribution is -2.35. The molecule has 27 heavy (non-hydrogen) atoms. The quantitative estimate of drug-likeness (QED) is 0.544. The number of fused-ring (bicyclic) bond motifs is 3. The van der Waals surface area contributed by atoms with Crippen LogP contribution < -0.4 is 0 Å². The van der Waals surface area contributed by atoms with Crippen molar-refractivity contribution in [1.29, 1.82) is 0 Å². The normalized spacial score (nSPS) is 24.7. The average molecular weight is 375 g/mol. The van der Waals surface area contributed by atoms with Crippen LogP contribution in [0.2, 0.25) is 0 Å². The highest BCUT2D eigenvalue weighted by atomic mass is 32.1. The number of ketones is 2. The smallest absolute Gasteiger partial charge is 0.150 e. The number of hydrogen-bond donors (Lipinski definition) is 0. The fourth-order valence-electron chi connectivity index (χ4n) is 4.97. The Morgan fingerprint density at radius 3 is 2.48 bits per heavy atom. The van der Waals surface area contributed by atoms with Crippen LogP contribution in [0.25, 0.3) is 21.2 Å². The molecule has 5 rings (SSSR count). The maximum absolute atomic E-state index is 13.1. The van der Waals surface area contributed by atoms with Crippen molar-refractivity contribution in [3.63, 3.8) is 0 Å². The minimum Gasteiger partial charge on any atom is -0.298 e. The van der Waals surface area contributed by atoms with E-state index in [4.69, 9.17) is 0 Å². The number of carbonyl (C=O) groups is 2. The first-order chi connectivity index (χ1) is 13.2. The van der Waals surface area contributed by atoms with Crippen molar-refractivity contribution >= 4 is 33.0 Å². The van der Waals surface area contributed by atoms with Gasteiger partial charge in [0.15, 0.2) is 11.6 Å². The van der Waals surface area contributed by atoms with Crippen LogP contribution in [0.4, 0.5) is 0 Å². The van der Waals surface area contributed by atoms with Crippen molar-refractivity contribution in [3.8, 4) is 11.1 Å². The average Bonchev–Trinajstić information content (AvgIpc) is 3.33. The van der Waals surface area contributed by atoms with E-state index < -0.39 is 5.92 Å². The number of rotatable bonds is 3. The summed E-state index contributed by atoms with van der Waals surface area (Å²) >= 11 is 1.74. The number of hydrogen-bond acceptors (Lipinski definition) is 3. The Bertz CT molecular complexity index is 1040. The first-order valence-corrected chi connectivity index (χ1v) is 10.7. The molecule has 2 saturated carbocycles. The molecule has 2 atom stereocenters. The first-order valence-electron chi connectivity index (χ1n) is 9.84. The van der Waals surface area contributed by atoms with Gasteiger partial charge in [0.05, 0.1) is 0 Å². The molecule has 0 N–H and O–H groups in total. The molecule has 0 saturated heterocycles. The van der Waals surface area contributed by atoms with Crippen LogP contribution in [0.15, 0.2) is 47.8 Å². The summed E-state index contributed by atoms with van der Waals surface area (Å²) in [7, 11) is 0. The highest BCUT2D eigenvalue weighted by molar-refractivity contribution is 7.17. The summed E-state index contributed by atoms with van der Waals surface area (Å²) in [6.45, 7) is 2.10. The van der Waals surface area contributed by atoms with Crippen LogP contribution in [0.5, 0.6) is 0 Å². The molecule has 2 aliphatic carbocycles. The maximum atomic E-state index is 13.1. The van der Waals surface area contributed by atoms with E-state index >= 15 is 0 Å². The largest absolute Gasteiger partial charge is 0.298 e. The molecular formula is C24H22O2S. The molecule has 0 spiro atoms. The molecule has 2 aliphatic rings. The number of benzene rings is 2. The van der Waals surface area contributed by atoms with Crippen LogP contribution in [-0.2, 0) is 16.0 Å². The van der Waals surface area contributed by atoms with Crippen LogP contribution in [-0.4, -0.2) is 11.6 Å². The second-order valence-electron chi connectivity index (χ2n) is 7.86. The zero-order valence-corrected chi connectivity index (χ0v) is 16.2. The minimum atomic E-state index is -0.545. The first kappa shape index (κ1) is 16.9. The van der Waals surface area contributed by atoms with E-state index in [1.54, 1.807) is 11.3 Å². The van der Waals surface area contributed by atoms with Gasteiger partial charge in [-0.2, -0.15) is 0 Å². The predicted molar refractivity (Wildman–Crippen MR) is 110 cm³/mol. The molecule has 3 aromatic rings. The number of carbonyl (C=O) groups excluding carboxylic acids is 2. The Morgan fingerprint density at radius 2 is 1.74 bits per heavy atom. The molecule has 0 amide bonds. The lowest BCUT2D eigenvalue weighted by molar-refractivity contribution is -0.135. The Balaban J connectivity index is 1.65. The summed E-state index contributed by atoms with van der Waals surface area (Å²) in [5, 5.41) is 3.42. The fraction of sp³-hybridized carbons (Fsp3) is 0.333. The lowest BCUT2D eigenvalue weighted by Gasteiger charge is -2.27. The van der Waals surface area contributed by atoms with Crippen molar-refractivity contribution in [3.05, 3.63) is 59.0 Å². The van der Waals surface area contributed by atoms with Crippen LogP contribution in [0, 0.1) is 11.8 Å². The van der Waals surface area contributed by atoms with Gasteiger partial charge in [-0.25, -0.2) is 0 Å². The van der Waals surface area contributed by atoms with E-state index in [1.807, 2.05) is 0 Å². The molecule has 136 valence electrons. The summed E-state index contributed by atoms with van der Waals surface area (Å²) in [5.74, 6) is -0.0383. The Morgan fingerprint density at radius 1 is 1.00 bits per heavy atom. The maximum Gasteiger partial charge on any atom is 0.150 e. The van der Waals surface area contributed by atoms with Gasteiger partial charge in [0.1, 0.15) is 5.92 Å². The van der Waals surface area contributed by atoms with Crippen LogP contribution in [0.3, 0.4) is 0 Å². The monoisotopic (exact) mass is 374 g/mol. The third kappa shape index (κ3) is 2.60. The molecule has 2 nitrogen and oxygen atoms in total. The SMILES string of the molecule is CCc1ccc(-c2csc3ccccc23)cc1C1C(=O)C2CCC(C2)C1=O. The van der Waals surface area contributed by atoms with Crippen LogP contribution >= 0.6 is 11.3 Å². The molecule has 1 aromatic heterocycles. The summed E-state index contributed by atoms with van der Waals surface area (Å²) in [6.07, 6.45) is 3.40. The van der Waals surface area contributed by atoms with E-state index in [2.05, 4.69) is 54.8 Å². The van der Waals surface area contributed by atoms with Gasteiger partial charge >= 0.3 is 0 Å². The van der Waals surface area contributed by atoms with E-state index in [0.29, 0.717) is 0 Å². The van der Waals surface area contributed by atoms with E-state index in [1.165, 1.54) is 15.6 Å². The highest BCUT2D eigenvalue weighted by Crippen LogP contribution is 2.45. The Kier molecular flexibility index (Phi) is 4.01. The molecule has 3 heteroatoms. The van der Waals surface area contributed by atoms with E-state index in [9.17, 15) is 9.59 Å². The van der Waals surface area contributed by atoms with E-state index in [-0.39, 0.29) is 23.4 Å². The van der Waals surface area contributed by atoms with Gasteiger partial charge in [-0.15, -0.1) is 11.3 Å². The standard InChI is InChI=1S/C24H22O2S/c1-2-14-7-8-15(20-13-27-21-6-4-3-5-18(20)21)12-19(14)22-23(25)16-9-10-17(11-16)24(22)26/h3-8,12-13,16-17,22H,2,9-11H2,1H3. The van der Waals surface area contributed by atoms with Crippen molar-refractivity contribution in [2.45, 2.75) is 38.5 Å². The van der Waals surface area contributed by atoms with Gasteiger partial charge in [0.2, 0.25) is 0 Å². The highest BCUT2D eigenvalue weighted by Gasteiger charge is 2.47. The molecule has 2 fully saturated rings. The second-order valence-corrected chi connectivity index (χ2v) is 8.77. The lowest BCUT2D eigenvalue weighted by atomic mass is 9.73. The summed E-state index contributed by atoms with van der Waals surface area (Å²) < 4.78 is 1.26. The van der Waals surface area contributed by atoms with Gasteiger partial charge in [0, 0.05) is 27.5 Å². The molecule has 0 radical (unpaired) electrons. The molecule has 0 aliphatic heterocycles. The van der Waals surface area contributed by atoms with Gasteiger partial charge in [0.25, 0.3) is 0 Å². The van der Waals surface area contributed by atoms with Crippen LogP contribution in [0.1, 0.15) is 43.2 Å². The number of thiophene rings is 1. The van der Waals surface area contributed by atoms with Gasteiger partial charge in [-0.05, 0) is 59.9 Å². The van der Waals surface area contributed by atoms with Gasteiger partial charge in [-0.1, -0.05) is 37.3 Å². The molecular weight excluding hydrogens is 352 g/mol. The minimum absolute atomic E-state index is 0.0908. The molecule has 2 unspecified atom stereocenters. The Labute approximate surface area is 163 Å². The van der Waals surface area contributed by atoms with Gasteiger partial charge in [-0.3, -0.25) is 9.59 Å². The zero-order chi connectivity index (χ0) is 18.5. The topological polar surface area (TPSA) is 34.1 Å². The third-order valence-electron chi connectivity index (χ3n) is 6.44. The molecule has 1 heterocycles. The summed E-state index contributed by atoms with van der Waals surface area (Å²) in [5.41, 5.74) is 4.39. The van der Waals surface area contributed by atoms with Crippen molar-refractivity contribution in [2.75, 3.05) is 0 Å². The summed E-state index contributed by atoms with van der Waals surface area (Å²) in [4.78, 5) is 26.1.